The topological polar surface area (TPSA) is 295 Å². The van der Waals surface area contributed by atoms with Gasteiger partial charge in [-0.05, 0) is 109 Å². The SMILES string of the molecule is C=CCOC/C=C/[C@H]1CC(=C)C(CC[C@H]2C[C@@H](C)C(=C)C(C[C@@H]3O[C@H](C[C@H](O)CN)[C@H](C)[C@H]3CS(=O)(=O)c3ccccc3)O2)O1.C=CCOC/C=C/[C@H]1CC(=C)C(CC[C@H]2C[C@@H](C)C(=C)C(C[C@@H]3O[C@H](C[C@H](O)CO)[C@H](C)[C@H]3CS(=O)(=O)c3ccccc3)O2)O1.N.O. The van der Waals surface area contributed by atoms with E-state index in [1.165, 1.54) is 0 Å². The number of aliphatic hydroxyl groups is 3. The van der Waals surface area contributed by atoms with E-state index in [0.717, 1.165) is 73.7 Å². The second-order valence-corrected chi connectivity index (χ2v) is 30.0. The normalized spacial score (nSPS) is 32.5. The van der Waals surface area contributed by atoms with Gasteiger partial charge in [-0.2, -0.15) is 0 Å². The van der Waals surface area contributed by atoms with Gasteiger partial charge in [-0.3, -0.25) is 0 Å². The number of hydrogen-bond acceptors (Lipinski definition) is 17. The molecule has 6 saturated heterocycles. The number of nitrogens with two attached hydrogens (primary N) is 1. The number of sulfone groups is 2. The zero-order valence-electron chi connectivity index (χ0n) is 55.0. The summed E-state index contributed by atoms with van der Waals surface area (Å²) in [6, 6.07) is 17.1. The third-order valence-corrected chi connectivity index (χ3v) is 22.9. The van der Waals surface area contributed by atoms with E-state index >= 15 is 0 Å². The number of benzene rings is 2. The van der Waals surface area contributed by atoms with Crippen LogP contribution in [0.1, 0.15) is 105 Å². The highest BCUT2D eigenvalue weighted by atomic mass is 32.2. The van der Waals surface area contributed by atoms with Gasteiger partial charge in [0.05, 0.1) is 140 Å². The van der Waals surface area contributed by atoms with Crippen molar-refractivity contribution in [1.82, 2.24) is 6.15 Å². The van der Waals surface area contributed by atoms with Crippen molar-refractivity contribution in [1.29, 1.82) is 0 Å². The largest absolute Gasteiger partial charge is 0.412 e. The van der Waals surface area contributed by atoms with Crippen molar-refractivity contribution >= 4 is 19.7 Å². The predicted molar refractivity (Wildman–Crippen MR) is 362 cm³/mol. The molecule has 0 aliphatic carbocycles. The van der Waals surface area contributed by atoms with E-state index in [1.807, 2.05) is 44.2 Å². The van der Waals surface area contributed by atoms with Gasteiger partial charge >= 0.3 is 0 Å². The Hall–Kier alpha value is -4.30. The molecular weight excluding hydrogens is 1210 g/mol. The van der Waals surface area contributed by atoms with Gasteiger partial charge in [0.15, 0.2) is 19.7 Å². The molecule has 0 bridgehead atoms. The summed E-state index contributed by atoms with van der Waals surface area (Å²) in [6.45, 7) is 34.8. The van der Waals surface area contributed by atoms with Crippen molar-refractivity contribution in [2.75, 3.05) is 51.1 Å². The van der Waals surface area contributed by atoms with Crippen LogP contribution in [-0.4, -0.2) is 174 Å². The van der Waals surface area contributed by atoms with Crippen molar-refractivity contribution in [3.05, 3.63) is 159 Å². The molecule has 0 aromatic heterocycles. The fraction of sp³-hybridized carbons (Fsp3) is 0.611. The van der Waals surface area contributed by atoms with Crippen molar-refractivity contribution in [2.45, 2.75) is 200 Å². The van der Waals surface area contributed by atoms with Gasteiger partial charge in [0.25, 0.3) is 0 Å². The molecule has 4 unspecified atom stereocenters. The maximum absolute atomic E-state index is 13.5. The molecule has 2 aromatic rings. The maximum Gasteiger partial charge on any atom is 0.178 e. The van der Waals surface area contributed by atoms with Gasteiger partial charge < -0.3 is 70.6 Å². The van der Waals surface area contributed by atoms with Gasteiger partial charge in [-0.1, -0.05) is 127 Å². The minimum Gasteiger partial charge on any atom is -0.412 e. The van der Waals surface area contributed by atoms with Gasteiger partial charge in [0.1, 0.15) is 0 Å². The van der Waals surface area contributed by atoms with E-state index in [1.54, 1.807) is 66.7 Å². The van der Waals surface area contributed by atoms with Crippen LogP contribution < -0.4 is 11.9 Å². The van der Waals surface area contributed by atoms with Crippen molar-refractivity contribution < 1.29 is 75.5 Å². The van der Waals surface area contributed by atoms with Gasteiger partial charge in [0, 0.05) is 56.9 Å². The Kier molecular flexibility index (Phi) is 32.3. The molecule has 2 aromatic carbocycles. The number of rotatable bonds is 32. The molecule has 6 fully saturated rings. The van der Waals surface area contributed by atoms with Crippen LogP contribution in [0.25, 0.3) is 0 Å². The molecule has 6 heterocycles. The smallest absolute Gasteiger partial charge is 0.178 e. The van der Waals surface area contributed by atoms with Crippen LogP contribution in [0.4, 0.5) is 0 Å². The molecule has 18 nitrogen and oxygen atoms in total. The van der Waals surface area contributed by atoms with Gasteiger partial charge in [0.2, 0.25) is 0 Å². The van der Waals surface area contributed by atoms with Crippen LogP contribution in [0.3, 0.4) is 0 Å². The fourth-order valence-electron chi connectivity index (χ4n) is 13.8. The average Bonchev–Trinajstić information content (AvgIpc) is 1.64. The monoisotopic (exact) mass is 1320 g/mol. The lowest BCUT2D eigenvalue weighted by atomic mass is 9.82. The second-order valence-electron chi connectivity index (χ2n) is 26.0. The first kappa shape index (κ1) is 78.4. The molecule has 0 amide bonds. The van der Waals surface area contributed by atoms with Crippen molar-refractivity contribution in [2.24, 2.45) is 41.2 Å². The Labute approximate surface area is 549 Å². The molecular formula is C72H110N2O16S2. The van der Waals surface area contributed by atoms with Gasteiger partial charge in [-0.25, -0.2) is 16.8 Å². The summed E-state index contributed by atoms with van der Waals surface area (Å²) in [7, 11) is -7.12. The summed E-state index contributed by atoms with van der Waals surface area (Å²) < 4.78 is 104. The van der Waals surface area contributed by atoms with Crippen LogP contribution in [0.5, 0.6) is 0 Å². The molecule has 516 valence electrons. The Morgan fingerprint density at radius 2 is 0.957 bits per heavy atom. The molecule has 0 radical (unpaired) electrons. The van der Waals surface area contributed by atoms with Crippen molar-refractivity contribution in [3.8, 4) is 0 Å². The lowest BCUT2D eigenvalue weighted by Gasteiger charge is -2.38. The number of aliphatic hydroxyl groups excluding tert-OH is 3. The average molecular weight is 1320 g/mol. The molecule has 0 saturated carbocycles. The first-order chi connectivity index (χ1) is 43.0. The first-order valence-corrected chi connectivity index (χ1v) is 35.9. The lowest BCUT2D eigenvalue weighted by molar-refractivity contribution is -0.0759. The zero-order chi connectivity index (χ0) is 65.1. The maximum atomic E-state index is 13.5. The fourth-order valence-corrected chi connectivity index (χ4v) is 17.4. The molecule has 20 heteroatoms. The molecule has 6 aliphatic heterocycles. The molecule has 92 heavy (non-hydrogen) atoms. The van der Waals surface area contributed by atoms with Gasteiger partial charge in [-0.15, -0.1) is 13.2 Å². The zero-order valence-corrected chi connectivity index (χ0v) is 56.6. The Bertz CT molecular complexity index is 2730. The molecule has 8 rings (SSSR count). The number of ether oxygens (including phenoxy) is 8. The lowest BCUT2D eigenvalue weighted by Crippen LogP contribution is -2.38. The van der Waals surface area contributed by atoms with E-state index in [-0.39, 0.29) is 150 Å². The summed E-state index contributed by atoms with van der Waals surface area (Å²) in [5, 5.41) is 30.0. The Morgan fingerprint density at radius 1 is 0.565 bits per heavy atom. The third kappa shape index (κ3) is 22.4. The summed E-state index contributed by atoms with van der Waals surface area (Å²) >= 11 is 0. The molecule has 20 atom stereocenters. The van der Waals surface area contributed by atoms with E-state index in [4.69, 9.17) is 43.6 Å². The molecule has 10 N–H and O–H groups in total. The molecule has 6 aliphatic rings. The van der Waals surface area contributed by atoms with Crippen LogP contribution >= 0.6 is 0 Å². The molecule has 0 spiro atoms. The van der Waals surface area contributed by atoms with Crippen molar-refractivity contribution in [3.63, 3.8) is 0 Å². The van der Waals surface area contributed by atoms with E-state index in [2.05, 4.69) is 53.3 Å². The first-order valence-electron chi connectivity index (χ1n) is 32.6. The Balaban J connectivity index is 0.000000327. The highest BCUT2D eigenvalue weighted by molar-refractivity contribution is 7.91. The minimum atomic E-state index is -3.57. The highest BCUT2D eigenvalue weighted by Crippen LogP contribution is 2.45. The third-order valence-electron chi connectivity index (χ3n) is 19.2. The predicted octanol–water partition coefficient (Wildman–Crippen LogP) is 9.74. The summed E-state index contributed by atoms with van der Waals surface area (Å²) in [6.07, 6.45) is 16.1. The van der Waals surface area contributed by atoms with Crippen LogP contribution in [0, 0.1) is 35.5 Å². The summed E-state index contributed by atoms with van der Waals surface area (Å²) in [4.78, 5) is 0.596. The van der Waals surface area contributed by atoms with E-state index < -0.39 is 38.0 Å². The summed E-state index contributed by atoms with van der Waals surface area (Å²) in [5.41, 5.74) is 9.91. The van der Waals surface area contributed by atoms with Crippen LogP contribution in [0.2, 0.25) is 0 Å². The summed E-state index contributed by atoms with van der Waals surface area (Å²) in [5.74, 6) is -0.392. The number of hydrogen-bond donors (Lipinski definition) is 5. The van der Waals surface area contributed by atoms with Crippen LogP contribution in [-0.2, 0) is 57.6 Å². The van der Waals surface area contributed by atoms with Crippen LogP contribution in [0.15, 0.2) is 169 Å². The minimum absolute atomic E-state index is 0. The Morgan fingerprint density at radius 3 is 1.33 bits per heavy atom. The highest BCUT2D eigenvalue weighted by Gasteiger charge is 2.49. The van der Waals surface area contributed by atoms with E-state index in [9.17, 15) is 32.2 Å². The quantitative estimate of drug-likeness (QED) is 0.0336. The second kappa shape index (κ2) is 37.9. The van der Waals surface area contributed by atoms with E-state index in [0.29, 0.717) is 50.6 Å². The standard InChI is InChI=1S/C36H53NO7S.C36H52O8S.H3N.H2O/c2*1-6-16-41-17-10-11-29-19-25(3)33(42-29)15-14-30-18-24(2)26(4)35(43-30)21-36-32(27(5)34(44-36)20-28(38)22-37)23-45(39,40)31-12-8-7-9-13-31;;/h6-13,24,27-30,32-36,38H,1,3-4,14-23,37H2,2,5H3;6-13,24,27-30,32-38H,1,3-4,14-23H2,2,5H3;1H3;1H2/b2*11-10+;;/t2*24-,27-,28+,29+,30+,32-,33?,34-,35?,36+;;/m11../s1.